The van der Waals surface area contributed by atoms with Crippen molar-refractivity contribution in [3.63, 3.8) is 0 Å². The second-order valence-electron chi connectivity index (χ2n) is 4.83. The van der Waals surface area contributed by atoms with Crippen molar-refractivity contribution in [1.82, 2.24) is 10.3 Å². The van der Waals surface area contributed by atoms with Gasteiger partial charge in [0, 0.05) is 11.6 Å². The van der Waals surface area contributed by atoms with Crippen LogP contribution in [0, 0.1) is 6.92 Å². The lowest BCUT2D eigenvalue weighted by molar-refractivity contribution is 0.0946. The van der Waals surface area contributed by atoms with Crippen molar-refractivity contribution in [3.05, 3.63) is 56.8 Å². The number of aryl methyl sites for hydroxylation is 1. The average molecular weight is 374 g/mol. The van der Waals surface area contributed by atoms with Crippen molar-refractivity contribution in [2.24, 2.45) is 0 Å². The molecule has 0 aliphatic heterocycles. The maximum atomic E-state index is 12.0. The van der Waals surface area contributed by atoms with Gasteiger partial charge in [-0.2, -0.15) is 0 Å². The highest BCUT2D eigenvalue weighted by molar-refractivity contribution is 6.34. The highest BCUT2D eigenvalue weighted by atomic mass is 35.5. The maximum Gasteiger partial charge on any atom is 0.271 e. The average Bonchev–Trinajstić information content (AvgIpc) is 2.51. The third-order valence-electron chi connectivity index (χ3n) is 3.03. The van der Waals surface area contributed by atoms with E-state index < -0.39 is 0 Å². The van der Waals surface area contributed by atoms with E-state index in [1.54, 1.807) is 6.07 Å². The zero-order chi connectivity index (χ0) is 16.8. The largest absolute Gasteiger partial charge is 0.493 e. The van der Waals surface area contributed by atoms with Crippen LogP contribution in [0.15, 0.2) is 30.3 Å². The minimum atomic E-state index is -0.361. The Kier molecular flexibility index (Phi) is 6.51. The third-order valence-corrected chi connectivity index (χ3v) is 3.78. The highest BCUT2D eigenvalue weighted by Crippen LogP contribution is 2.21. The molecule has 0 aliphatic carbocycles. The molecule has 2 aromatic rings. The van der Waals surface area contributed by atoms with Gasteiger partial charge < -0.3 is 10.1 Å². The van der Waals surface area contributed by atoms with Crippen LogP contribution in [-0.2, 0) is 0 Å². The minimum absolute atomic E-state index is 0.119. The van der Waals surface area contributed by atoms with Gasteiger partial charge in [-0.15, -0.1) is 0 Å². The number of hydrogen-bond acceptors (Lipinski definition) is 3. The van der Waals surface area contributed by atoms with E-state index in [0.29, 0.717) is 24.6 Å². The predicted molar refractivity (Wildman–Crippen MR) is 92.9 cm³/mol. The number of hydrogen-bond donors (Lipinski definition) is 1. The molecule has 0 aliphatic rings. The molecule has 0 spiro atoms. The summed E-state index contributed by atoms with van der Waals surface area (Å²) in [7, 11) is 0. The van der Waals surface area contributed by atoms with E-state index in [1.165, 1.54) is 12.1 Å². The van der Waals surface area contributed by atoms with E-state index in [9.17, 15) is 4.79 Å². The molecule has 1 aromatic carbocycles. The van der Waals surface area contributed by atoms with Crippen molar-refractivity contribution in [3.8, 4) is 5.75 Å². The maximum absolute atomic E-state index is 12.0. The van der Waals surface area contributed by atoms with Crippen molar-refractivity contribution in [2.75, 3.05) is 13.2 Å². The molecule has 1 aromatic heterocycles. The van der Waals surface area contributed by atoms with E-state index in [0.717, 1.165) is 11.3 Å². The number of nitrogens with one attached hydrogen (secondary N) is 1. The predicted octanol–water partition coefficient (Wildman–Crippen LogP) is 4.55. The Balaban J connectivity index is 1.77. The van der Waals surface area contributed by atoms with Gasteiger partial charge in [-0.25, -0.2) is 4.98 Å². The Morgan fingerprint density at radius 1 is 1.22 bits per heavy atom. The standard InChI is InChI=1S/C16H15Cl3N2O2/c1-10-9-11(17)3-5-13(10)23-8-2-7-20-16(22)15-12(18)4-6-14(19)21-15/h3-6,9H,2,7-8H2,1H3,(H,20,22). The first kappa shape index (κ1) is 17.9. The molecule has 0 unspecified atom stereocenters. The monoisotopic (exact) mass is 372 g/mol. The number of benzene rings is 1. The topological polar surface area (TPSA) is 51.2 Å². The Bertz CT molecular complexity index is 708. The fourth-order valence-electron chi connectivity index (χ4n) is 1.89. The van der Waals surface area contributed by atoms with Gasteiger partial charge in [-0.3, -0.25) is 4.79 Å². The molecular weight excluding hydrogens is 359 g/mol. The van der Waals surface area contributed by atoms with Crippen molar-refractivity contribution in [1.29, 1.82) is 0 Å². The summed E-state index contributed by atoms with van der Waals surface area (Å²) in [6, 6.07) is 8.51. The van der Waals surface area contributed by atoms with E-state index in [1.807, 2.05) is 19.1 Å². The van der Waals surface area contributed by atoms with Crippen LogP contribution in [0.25, 0.3) is 0 Å². The highest BCUT2D eigenvalue weighted by Gasteiger charge is 2.12. The van der Waals surface area contributed by atoms with Crippen LogP contribution < -0.4 is 10.1 Å². The quantitative estimate of drug-likeness (QED) is 0.597. The van der Waals surface area contributed by atoms with Crippen LogP contribution in [0.4, 0.5) is 0 Å². The second-order valence-corrected chi connectivity index (χ2v) is 6.06. The summed E-state index contributed by atoms with van der Waals surface area (Å²) in [5.74, 6) is 0.417. The van der Waals surface area contributed by atoms with Crippen LogP contribution in [0.2, 0.25) is 15.2 Å². The Labute approximate surface area is 149 Å². The zero-order valence-corrected chi connectivity index (χ0v) is 14.7. The Morgan fingerprint density at radius 2 is 2.00 bits per heavy atom. The molecule has 7 heteroatoms. The number of carbonyl (C=O) groups excluding carboxylic acids is 1. The number of halogens is 3. The van der Waals surface area contributed by atoms with Gasteiger partial charge in [0.15, 0.2) is 0 Å². The zero-order valence-electron chi connectivity index (χ0n) is 12.4. The molecule has 0 atom stereocenters. The normalized spacial score (nSPS) is 10.4. The molecule has 4 nitrogen and oxygen atoms in total. The molecule has 0 saturated heterocycles. The Hall–Kier alpha value is -1.49. The molecule has 0 bridgehead atoms. The molecular formula is C16H15Cl3N2O2. The fraction of sp³-hybridized carbons (Fsp3) is 0.250. The molecule has 1 N–H and O–H groups in total. The molecule has 2 rings (SSSR count). The lowest BCUT2D eigenvalue weighted by atomic mass is 10.2. The van der Waals surface area contributed by atoms with Gasteiger partial charge >= 0.3 is 0 Å². The van der Waals surface area contributed by atoms with E-state index in [2.05, 4.69) is 10.3 Å². The number of nitrogens with zero attached hydrogens (tertiary/aromatic N) is 1. The SMILES string of the molecule is Cc1cc(Cl)ccc1OCCCNC(=O)c1nc(Cl)ccc1Cl. The van der Waals surface area contributed by atoms with Gasteiger partial charge in [0.05, 0.1) is 11.6 Å². The summed E-state index contributed by atoms with van der Waals surface area (Å²) >= 11 is 17.6. The van der Waals surface area contributed by atoms with Crippen LogP contribution >= 0.6 is 34.8 Å². The number of aromatic nitrogens is 1. The van der Waals surface area contributed by atoms with Crippen LogP contribution in [-0.4, -0.2) is 24.0 Å². The summed E-state index contributed by atoms with van der Waals surface area (Å²) in [6.07, 6.45) is 0.645. The van der Waals surface area contributed by atoms with Crippen LogP contribution in [0.5, 0.6) is 5.75 Å². The summed E-state index contributed by atoms with van der Waals surface area (Å²) in [6.45, 7) is 2.84. The number of rotatable bonds is 6. The van der Waals surface area contributed by atoms with Crippen molar-refractivity contribution < 1.29 is 9.53 Å². The molecule has 0 saturated carbocycles. The molecule has 1 amide bonds. The van der Waals surface area contributed by atoms with E-state index in [-0.39, 0.29) is 21.8 Å². The lowest BCUT2D eigenvalue weighted by Gasteiger charge is -2.10. The summed E-state index contributed by atoms with van der Waals surface area (Å²) in [4.78, 5) is 15.9. The van der Waals surface area contributed by atoms with Crippen molar-refractivity contribution >= 4 is 40.7 Å². The Morgan fingerprint density at radius 3 is 2.74 bits per heavy atom. The fourth-order valence-corrected chi connectivity index (χ4v) is 2.46. The molecule has 0 fully saturated rings. The summed E-state index contributed by atoms with van der Waals surface area (Å²) in [5.41, 5.74) is 1.09. The molecule has 23 heavy (non-hydrogen) atoms. The molecule has 122 valence electrons. The first-order valence-corrected chi connectivity index (χ1v) is 8.10. The van der Waals surface area contributed by atoms with Crippen LogP contribution in [0.1, 0.15) is 22.5 Å². The van der Waals surface area contributed by atoms with E-state index in [4.69, 9.17) is 39.5 Å². The van der Waals surface area contributed by atoms with Crippen LogP contribution in [0.3, 0.4) is 0 Å². The van der Waals surface area contributed by atoms with Gasteiger partial charge in [-0.1, -0.05) is 34.8 Å². The first-order chi connectivity index (χ1) is 11.0. The summed E-state index contributed by atoms with van der Waals surface area (Å²) < 4.78 is 5.65. The molecule has 0 radical (unpaired) electrons. The van der Waals surface area contributed by atoms with Crippen molar-refractivity contribution in [2.45, 2.75) is 13.3 Å². The lowest BCUT2D eigenvalue weighted by Crippen LogP contribution is -2.26. The number of pyridine rings is 1. The second kappa shape index (κ2) is 8.39. The van der Waals surface area contributed by atoms with Gasteiger partial charge in [-0.05, 0) is 49.2 Å². The van der Waals surface area contributed by atoms with Gasteiger partial charge in [0.25, 0.3) is 5.91 Å². The smallest absolute Gasteiger partial charge is 0.271 e. The third kappa shape index (κ3) is 5.27. The van der Waals surface area contributed by atoms with Gasteiger partial charge in [0.1, 0.15) is 16.6 Å². The minimum Gasteiger partial charge on any atom is -0.493 e. The number of carbonyl (C=O) groups is 1. The first-order valence-electron chi connectivity index (χ1n) is 6.96. The summed E-state index contributed by atoms with van der Waals surface area (Å²) in [5, 5.41) is 3.89. The van der Waals surface area contributed by atoms with E-state index >= 15 is 0 Å². The van der Waals surface area contributed by atoms with Gasteiger partial charge in [0.2, 0.25) is 0 Å². The molecule has 1 heterocycles. The number of amides is 1. The number of ether oxygens (including phenoxy) is 1.